The lowest BCUT2D eigenvalue weighted by molar-refractivity contribution is 0.203. The molecule has 0 bridgehead atoms. The zero-order chi connectivity index (χ0) is 15.1. The third-order valence-corrected chi connectivity index (χ3v) is 2.52. The molecule has 7 heteroatoms. The van der Waals surface area contributed by atoms with Crippen molar-refractivity contribution in [1.29, 1.82) is 0 Å². The molecule has 0 saturated carbocycles. The van der Waals surface area contributed by atoms with E-state index in [1.54, 1.807) is 7.11 Å². The largest absolute Gasteiger partial charge is 0.461 e. The molecule has 0 aliphatic rings. The van der Waals surface area contributed by atoms with Gasteiger partial charge in [-0.3, -0.25) is 0 Å². The Labute approximate surface area is 125 Å². The lowest BCUT2D eigenvalue weighted by Gasteiger charge is -2.24. The van der Waals surface area contributed by atoms with Gasteiger partial charge in [0.05, 0.1) is 12.7 Å². The Hall–Kier alpha value is -1.14. The van der Waals surface area contributed by atoms with E-state index in [2.05, 4.69) is 28.8 Å². The molecule has 1 aromatic rings. The normalized spacial score (nSPS) is 11.2. The van der Waals surface area contributed by atoms with Crippen LogP contribution in [0.15, 0.2) is 0 Å². The van der Waals surface area contributed by atoms with Crippen molar-refractivity contribution in [2.75, 3.05) is 31.7 Å². The number of nitrogens with zero attached hydrogens (tertiary/aromatic N) is 4. The van der Waals surface area contributed by atoms with Crippen molar-refractivity contribution < 1.29 is 9.47 Å². The highest BCUT2D eigenvalue weighted by molar-refractivity contribution is 6.28. The summed E-state index contributed by atoms with van der Waals surface area (Å²) in [5, 5.41) is 0.136. The molecule has 0 aromatic carbocycles. The fraction of sp³-hybridized carbons (Fsp3) is 0.769. The van der Waals surface area contributed by atoms with Crippen LogP contribution < -0.4 is 9.64 Å². The van der Waals surface area contributed by atoms with Gasteiger partial charge in [0, 0.05) is 20.2 Å². The number of halogens is 1. The zero-order valence-electron chi connectivity index (χ0n) is 12.8. The van der Waals surface area contributed by atoms with Crippen molar-refractivity contribution in [3.8, 4) is 6.01 Å². The molecule has 114 valence electrons. The molecule has 0 spiro atoms. The maximum Gasteiger partial charge on any atom is 0.322 e. The summed E-state index contributed by atoms with van der Waals surface area (Å²) in [7, 11) is 1.67. The van der Waals surface area contributed by atoms with E-state index in [1.165, 1.54) is 0 Å². The third kappa shape index (κ3) is 5.88. The van der Waals surface area contributed by atoms with E-state index in [0.29, 0.717) is 25.0 Å². The Morgan fingerprint density at radius 3 is 2.40 bits per heavy atom. The fourth-order valence-electron chi connectivity index (χ4n) is 1.64. The Bertz CT molecular complexity index is 415. The molecule has 0 radical (unpaired) electrons. The first-order valence-corrected chi connectivity index (χ1v) is 7.12. The Morgan fingerprint density at radius 2 is 1.85 bits per heavy atom. The van der Waals surface area contributed by atoms with E-state index in [4.69, 9.17) is 21.1 Å². The highest BCUT2D eigenvalue weighted by Gasteiger charge is 2.15. The number of ether oxygens (including phenoxy) is 2. The van der Waals surface area contributed by atoms with Crippen LogP contribution in [0.5, 0.6) is 6.01 Å². The van der Waals surface area contributed by atoms with Crippen molar-refractivity contribution in [3.05, 3.63) is 5.28 Å². The number of rotatable bonds is 8. The molecule has 0 amide bonds. The van der Waals surface area contributed by atoms with Crippen LogP contribution in [0.25, 0.3) is 0 Å². The second-order valence-corrected chi connectivity index (χ2v) is 5.52. The molecule has 0 saturated heterocycles. The first kappa shape index (κ1) is 16.9. The topological polar surface area (TPSA) is 60.4 Å². The van der Waals surface area contributed by atoms with Crippen LogP contribution in [-0.2, 0) is 4.74 Å². The van der Waals surface area contributed by atoms with Crippen LogP contribution in [-0.4, -0.2) is 47.9 Å². The van der Waals surface area contributed by atoms with Gasteiger partial charge in [-0.05, 0) is 31.4 Å². The summed E-state index contributed by atoms with van der Waals surface area (Å²) in [6, 6.07) is 0.251. The summed E-state index contributed by atoms with van der Waals surface area (Å²) in [6.45, 7) is 10.2. The van der Waals surface area contributed by atoms with E-state index in [9.17, 15) is 0 Å². The summed E-state index contributed by atoms with van der Waals surface area (Å²) >= 11 is 5.95. The summed E-state index contributed by atoms with van der Waals surface area (Å²) in [5.41, 5.74) is 0. The van der Waals surface area contributed by atoms with Gasteiger partial charge in [-0.2, -0.15) is 15.0 Å². The van der Waals surface area contributed by atoms with Gasteiger partial charge in [0.25, 0.3) is 0 Å². The Balaban J connectivity index is 2.95. The van der Waals surface area contributed by atoms with Crippen LogP contribution in [0.1, 0.15) is 27.7 Å². The maximum absolute atomic E-state index is 5.95. The summed E-state index contributed by atoms with van der Waals surface area (Å²) < 4.78 is 10.6. The standard InChI is InChI=1S/C13H23ClN4O2/c1-9(2)8-18(6-7-19-5)12-15-11(14)16-13(17-12)20-10(3)4/h9-10H,6-8H2,1-5H3. The van der Waals surface area contributed by atoms with Gasteiger partial charge in [-0.15, -0.1) is 0 Å². The predicted molar refractivity (Wildman–Crippen MR) is 79.5 cm³/mol. The van der Waals surface area contributed by atoms with Crippen molar-refractivity contribution in [3.63, 3.8) is 0 Å². The molecular weight excluding hydrogens is 280 g/mol. The van der Waals surface area contributed by atoms with Gasteiger partial charge >= 0.3 is 6.01 Å². The van der Waals surface area contributed by atoms with E-state index in [0.717, 1.165) is 6.54 Å². The predicted octanol–water partition coefficient (Wildman–Crippen LogP) is 2.42. The first-order chi connectivity index (χ1) is 9.42. The number of anilines is 1. The third-order valence-electron chi connectivity index (χ3n) is 2.35. The zero-order valence-corrected chi connectivity index (χ0v) is 13.5. The molecule has 0 N–H and O–H groups in total. The lowest BCUT2D eigenvalue weighted by atomic mass is 10.2. The van der Waals surface area contributed by atoms with E-state index in [-0.39, 0.29) is 17.4 Å². The highest BCUT2D eigenvalue weighted by atomic mass is 35.5. The van der Waals surface area contributed by atoms with Crippen LogP contribution in [0.3, 0.4) is 0 Å². The van der Waals surface area contributed by atoms with Crippen LogP contribution >= 0.6 is 11.6 Å². The van der Waals surface area contributed by atoms with Gasteiger partial charge in [-0.25, -0.2) is 0 Å². The fourth-order valence-corrected chi connectivity index (χ4v) is 1.79. The minimum absolute atomic E-state index is 0.0150. The van der Waals surface area contributed by atoms with Crippen molar-refractivity contribution in [2.24, 2.45) is 5.92 Å². The number of hydrogen-bond acceptors (Lipinski definition) is 6. The highest BCUT2D eigenvalue weighted by Crippen LogP contribution is 2.17. The van der Waals surface area contributed by atoms with E-state index >= 15 is 0 Å². The summed E-state index contributed by atoms with van der Waals surface area (Å²) in [6.07, 6.45) is -0.0150. The molecule has 20 heavy (non-hydrogen) atoms. The molecule has 1 heterocycles. The molecule has 1 rings (SSSR count). The number of aromatic nitrogens is 3. The first-order valence-electron chi connectivity index (χ1n) is 6.74. The monoisotopic (exact) mass is 302 g/mol. The molecule has 0 aliphatic carbocycles. The quantitative estimate of drug-likeness (QED) is 0.735. The summed E-state index contributed by atoms with van der Waals surface area (Å²) in [4.78, 5) is 14.5. The van der Waals surface area contributed by atoms with Crippen molar-refractivity contribution in [1.82, 2.24) is 15.0 Å². The Kier molecular flexibility index (Phi) is 6.95. The molecule has 0 fully saturated rings. The number of hydrogen-bond donors (Lipinski definition) is 0. The van der Waals surface area contributed by atoms with Crippen molar-refractivity contribution >= 4 is 17.5 Å². The molecule has 0 unspecified atom stereocenters. The lowest BCUT2D eigenvalue weighted by Crippen LogP contribution is -2.32. The average molecular weight is 303 g/mol. The maximum atomic E-state index is 5.95. The molecule has 0 atom stereocenters. The van der Waals surface area contributed by atoms with Crippen LogP contribution in [0.2, 0.25) is 5.28 Å². The van der Waals surface area contributed by atoms with Crippen LogP contribution in [0.4, 0.5) is 5.95 Å². The van der Waals surface area contributed by atoms with Gasteiger partial charge < -0.3 is 14.4 Å². The van der Waals surface area contributed by atoms with E-state index in [1.807, 2.05) is 18.7 Å². The van der Waals surface area contributed by atoms with Gasteiger partial charge in [0.1, 0.15) is 0 Å². The Morgan fingerprint density at radius 1 is 1.15 bits per heavy atom. The van der Waals surface area contributed by atoms with E-state index < -0.39 is 0 Å². The van der Waals surface area contributed by atoms with Gasteiger partial charge in [-0.1, -0.05) is 13.8 Å². The summed E-state index contributed by atoms with van der Waals surface area (Å²) in [5.74, 6) is 0.989. The molecule has 1 aromatic heterocycles. The minimum Gasteiger partial charge on any atom is -0.461 e. The minimum atomic E-state index is -0.0150. The second-order valence-electron chi connectivity index (χ2n) is 5.19. The molecule has 0 aliphatic heterocycles. The van der Waals surface area contributed by atoms with Gasteiger partial charge in [0.2, 0.25) is 11.2 Å². The average Bonchev–Trinajstić information content (AvgIpc) is 2.32. The second kappa shape index (κ2) is 8.21. The SMILES string of the molecule is COCCN(CC(C)C)c1nc(Cl)nc(OC(C)C)n1. The molecular formula is C13H23ClN4O2. The van der Waals surface area contributed by atoms with Crippen molar-refractivity contribution in [2.45, 2.75) is 33.8 Å². The number of methoxy groups -OCH3 is 1. The van der Waals surface area contributed by atoms with Gasteiger partial charge in [0.15, 0.2) is 0 Å². The smallest absolute Gasteiger partial charge is 0.322 e. The molecule has 6 nitrogen and oxygen atoms in total. The van der Waals surface area contributed by atoms with Crippen LogP contribution in [0, 0.1) is 5.92 Å².